The van der Waals surface area contributed by atoms with Crippen molar-refractivity contribution in [3.63, 3.8) is 0 Å². The van der Waals surface area contributed by atoms with E-state index >= 15 is 0 Å². The molecular formula is C24H29N5O7S. The maximum absolute atomic E-state index is 13.4. The number of piperazine rings is 1. The average Bonchev–Trinajstić information content (AvgIpc) is 2.96. The highest BCUT2D eigenvalue weighted by molar-refractivity contribution is 7.89. The molecular weight excluding hydrogens is 502 g/mol. The highest BCUT2D eigenvalue weighted by atomic mass is 32.2. The van der Waals surface area contributed by atoms with Crippen LogP contribution in [-0.2, 0) is 10.0 Å². The van der Waals surface area contributed by atoms with Crippen molar-refractivity contribution in [2.75, 3.05) is 52.4 Å². The molecule has 1 amide bonds. The van der Waals surface area contributed by atoms with Gasteiger partial charge in [0.05, 0.1) is 32.1 Å². The third-order valence-electron chi connectivity index (χ3n) is 6.34. The lowest BCUT2D eigenvalue weighted by molar-refractivity contribution is 0.0705. The molecule has 1 aliphatic carbocycles. The van der Waals surface area contributed by atoms with Crippen LogP contribution in [0.2, 0.25) is 0 Å². The number of benzene rings is 1. The van der Waals surface area contributed by atoms with Gasteiger partial charge in [-0.15, -0.1) is 0 Å². The number of ether oxygens (including phenoxy) is 3. The number of hydrogen-bond donors (Lipinski definition) is 2. The molecule has 0 radical (unpaired) electrons. The summed E-state index contributed by atoms with van der Waals surface area (Å²) in [5.74, 6) is 1.22. The van der Waals surface area contributed by atoms with Crippen LogP contribution in [0.4, 0.5) is 5.95 Å². The van der Waals surface area contributed by atoms with Crippen molar-refractivity contribution in [3.05, 3.63) is 53.9 Å². The lowest BCUT2D eigenvalue weighted by Crippen LogP contribution is -2.51. The molecule has 0 saturated carbocycles. The number of carbonyl (C=O) groups is 1. The Kier molecular flexibility index (Phi) is 7.95. The summed E-state index contributed by atoms with van der Waals surface area (Å²) in [7, 11) is 1.05. The van der Waals surface area contributed by atoms with Gasteiger partial charge >= 0.3 is 0 Å². The predicted octanol–water partition coefficient (Wildman–Crippen LogP) is 1.49. The molecule has 2 aliphatic rings. The number of hydrogen-bond acceptors (Lipinski definition) is 10. The molecule has 1 aliphatic heterocycles. The van der Waals surface area contributed by atoms with E-state index in [0.29, 0.717) is 42.7 Å². The van der Waals surface area contributed by atoms with Crippen LogP contribution < -0.4 is 24.6 Å². The van der Waals surface area contributed by atoms with Crippen molar-refractivity contribution in [1.82, 2.24) is 19.8 Å². The number of aromatic nitrogens is 2. The van der Waals surface area contributed by atoms with Gasteiger partial charge in [-0.05, 0) is 24.1 Å². The quantitative estimate of drug-likeness (QED) is 0.380. The van der Waals surface area contributed by atoms with Crippen LogP contribution in [0.3, 0.4) is 0 Å². The third kappa shape index (κ3) is 5.24. The molecule has 1 aromatic heterocycles. The number of allylic oxidation sites excluding steroid dienone is 3. The van der Waals surface area contributed by atoms with E-state index in [1.54, 1.807) is 32.4 Å². The monoisotopic (exact) mass is 531 g/mol. The highest BCUT2D eigenvalue weighted by Crippen LogP contribution is 2.43. The molecule has 1 fully saturated rings. The number of methoxy groups -OCH3 is 3. The van der Waals surface area contributed by atoms with E-state index in [-0.39, 0.29) is 18.7 Å². The van der Waals surface area contributed by atoms with Crippen molar-refractivity contribution in [2.24, 2.45) is 0 Å². The van der Waals surface area contributed by atoms with Crippen LogP contribution >= 0.6 is 0 Å². The minimum Gasteiger partial charge on any atom is -0.493 e. The number of carbonyl (C=O) groups excluding carboxylic acids is 1. The zero-order valence-corrected chi connectivity index (χ0v) is 21.6. The number of nitrogens with one attached hydrogen (secondary N) is 1. The standard InChI is InChI=1S/C24H29N5O7S/c1-34-20-9-8-19(21(35-2)22(20)36-3)16-4-6-18(7-5-16)37(32,33)29-12-10-28(11-13-29)24-25-14-17(15-26-24)23(30)27-31/h4-6,8-9,14-15,18,31H,7,10-13H2,1-3H3,(H,27,30). The lowest BCUT2D eigenvalue weighted by atomic mass is 9.98. The van der Waals surface area contributed by atoms with Crippen molar-refractivity contribution in [2.45, 2.75) is 11.7 Å². The molecule has 4 rings (SSSR count). The lowest BCUT2D eigenvalue weighted by Gasteiger charge is -2.35. The molecule has 1 saturated heterocycles. The first-order valence-corrected chi connectivity index (χ1v) is 13.0. The van der Waals surface area contributed by atoms with Crippen LogP contribution in [0.5, 0.6) is 17.2 Å². The van der Waals surface area contributed by atoms with Gasteiger partial charge in [0.2, 0.25) is 21.7 Å². The van der Waals surface area contributed by atoms with E-state index in [1.165, 1.54) is 29.3 Å². The van der Waals surface area contributed by atoms with Crippen LogP contribution in [0.1, 0.15) is 22.3 Å². The summed E-state index contributed by atoms with van der Waals surface area (Å²) in [6.45, 7) is 1.39. The fourth-order valence-electron chi connectivity index (χ4n) is 4.35. The summed E-state index contributed by atoms with van der Waals surface area (Å²) in [6, 6.07) is 3.64. The number of anilines is 1. The number of amides is 1. The average molecular weight is 532 g/mol. The first kappa shape index (κ1) is 26.4. The smallest absolute Gasteiger partial charge is 0.277 e. The van der Waals surface area contributed by atoms with Crippen LogP contribution in [0.25, 0.3) is 5.57 Å². The summed E-state index contributed by atoms with van der Waals surface area (Å²) >= 11 is 0. The largest absolute Gasteiger partial charge is 0.493 e. The van der Waals surface area contributed by atoms with Gasteiger partial charge in [-0.25, -0.2) is 23.9 Å². The zero-order chi connectivity index (χ0) is 26.6. The van der Waals surface area contributed by atoms with Gasteiger partial charge in [0, 0.05) is 44.1 Å². The maximum atomic E-state index is 13.4. The summed E-state index contributed by atoms with van der Waals surface area (Å²) in [4.78, 5) is 21.6. The summed E-state index contributed by atoms with van der Waals surface area (Å²) in [6.07, 6.45) is 8.33. The van der Waals surface area contributed by atoms with E-state index in [4.69, 9.17) is 19.4 Å². The van der Waals surface area contributed by atoms with Crippen molar-refractivity contribution >= 4 is 27.5 Å². The van der Waals surface area contributed by atoms with Gasteiger partial charge in [0.15, 0.2) is 11.5 Å². The first-order chi connectivity index (χ1) is 17.8. The van der Waals surface area contributed by atoms with Crippen LogP contribution in [-0.4, -0.2) is 86.6 Å². The highest BCUT2D eigenvalue weighted by Gasteiger charge is 2.34. The molecule has 0 bridgehead atoms. The Morgan fingerprint density at radius 2 is 1.70 bits per heavy atom. The molecule has 13 heteroatoms. The van der Waals surface area contributed by atoms with Gasteiger partial charge in [-0.3, -0.25) is 10.0 Å². The number of hydroxylamine groups is 1. The fourth-order valence-corrected chi connectivity index (χ4v) is 6.02. The first-order valence-electron chi connectivity index (χ1n) is 11.5. The topological polar surface area (TPSA) is 143 Å². The molecule has 2 heterocycles. The summed E-state index contributed by atoms with van der Waals surface area (Å²) in [5, 5.41) is 8.03. The Morgan fingerprint density at radius 3 is 2.24 bits per heavy atom. The Morgan fingerprint density at radius 1 is 1.03 bits per heavy atom. The van der Waals surface area contributed by atoms with Crippen molar-refractivity contribution < 1.29 is 32.6 Å². The molecule has 12 nitrogen and oxygen atoms in total. The number of nitrogens with zero attached hydrogens (tertiary/aromatic N) is 4. The predicted molar refractivity (Wildman–Crippen MR) is 136 cm³/mol. The molecule has 2 aromatic rings. The summed E-state index contributed by atoms with van der Waals surface area (Å²) < 4.78 is 44.6. The van der Waals surface area contributed by atoms with Crippen LogP contribution in [0, 0.1) is 0 Å². The van der Waals surface area contributed by atoms with Crippen molar-refractivity contribution in [3.8, 4) is 17.2 Å². The Balaban J connectivity index is 1.42. The number of rotatable bonds is 8. The molecule has 198 valence electrons. The summed E-state index contributed by atoms with van der Waals surface area (Å²) in [5.41, 5.74) is 3.27. The normalized spacial score (nSPS) is 18.2. The van der Waals surface area contributed by atoms with E-state index < -0.39 is 21.2 Å². The van der Waals surface area contributed by atoms with Crippen molar-refractivity contribution in [1.29, 1.82) is 0 Å². The van der Waals surface area contributed by atoms with Gasteiger partial charge in [-0.2, -0.15) is 4.31 Å². The molecule has 1 aromatic carbocycles. The Hall–Kier alpha value is -3.68. The van der Waals surface area contributed by atoms with Gasteiger partial charge in [-0.1, -0.05) is 18.2 Å². The fraction of sp³-hybridized carbons (Fsp3) is 0.375. The maximum Gasteiger partial charge on any atom is 0.277 e. The molecule has 1 unspecified atom stereocenters. The Labute approximate surface area is 215 Å². The van der Waals surface area contributed by atoms with E-state index in [1.807, 2.05) is 17.0 Å². The second-order valence-electron chi connectivity index (χ2n) is 8.32. The molecule has 37 heavy (non-hydrogen) atoms. The van der Waals surface area contributed by atoms with Gasteiger partial charge < -0.3 is 19.1 Å². The van der Waals surface area contributed by atoms with Crippen LogP contribution in [0.15, 0.2) is 42.8 Å². The van der Waals surface area contributed by atoms with Gasteiger partial charge in [0.25, 0.3) is 5.91 Å². The molecule has 0 spiro atoms. The Bertz CT molecular complexity index is 1300. The molecule has 2 N–H and O–H groups in total. The molecule has 1 atom stereocenters. The van der Waals surface area contributed by atoms with Gasteiger partial charge in [0.1, 0.15) is 0 Å². The third-order valence-corrected chi connectivity index (χ3v) is 8.54. The SMILES string of the molecule is COc1ccc(C2=CCC(S(=O)(=O)N3CCN(c4ncc(C(=O)NO)cn4)CC3)C=C2)c(OC)c1OC. The second kappa shape index (κ2) is 11.2. The van der Waals surface area contributed by atoms with E-state index in [0.717, 1.165) is 11.1 Å². The minimum absolute atomic E-state index is 0.120. The minimum atomic E-state index is -3.58. The van der Waals surface area contributed by atoms with E-state index in [2.05, 4.69) is 9.97 Å². The van der Waals surface area contributed by atoms with E-state index in [9.17, 15) is 13.2 Å². The number of sulfonamides is 1. The zero-order valence-electron chi connectivity index (χ0n) is 20.7. The second-order valence-corrected chi connectivity index (χ2v) is 10.5.